The molecule has 6 nitrogen and oxygen atoms in total. The molecule has 8 heteroatoms. The van der Waals surface area contributed by atoms with Crippen molar-refractivity contribution in [3.63, 3.8) is 0 Å². The third-order valence-electron chi connectivity index (χ3n) is 4.17. The van der Waals surface area contributed by atoms with Gasteiger partial charge in [-0.15, -0.1) is 10.2 Å². The molecule has 0 aromatic carbocycles. The lowest BCUT2D eigenvalue weighted by Gasteiger charge is -2.23. The highest BCUT2D eigenvalue weighted by molar-refractivity contribution is 6.34. The molecule has 1 unspecified atom stereocenters. The van der Waals surface area contributed by atoms with Crippen LogP contribution in [0.25, 0.3) is 5.65 Å². The minimum Gasteiger partial charge on any atom is -0.327 e. The molecule has 0 N–H and O–H groups in total. The van der Waals surface area contributed by atoms with Gasteiger partial charge in [-0.25, -0.2) is 4.98 Å². The number of likely N-dealkylation sites (tertiary alicyclic amines) is 1. The number of pyridine rings is 2. The van der Waals surface area contributed by atoms with E-state index in [0.717, 1.165) is 24.3 Å². The van der Waals surface area contributed by atoms with Crippen molar-refractivity contribution < 1.29 is 4.79 Å². The monoisotopic (exact) mass is 361 g/mol. The molecule has 4 heterocycles. The Balaban J connectivity index is 1.72. The molecule has 3 aromatic heterocycles. The van der Waals surface area contributed by atoms with Gasteiger partial charge in [-0.3, -0.25) is 9.20 Å². The van der Waals surface area contributed by atoms with Gasteiger partial charge in [0, 0.05) is 12.7 Å². The number of hydrogen-bond acceptors (Lipinski definition) is 4. The number of amides is 1. The molecule has 3 aromatic rings. The van der Waals surface area contributed by atoms with Gasteiger partial charge < -0.3 is 4.90 Å². The number of fused-ring (bicyclic) bond motifs is 1. The zero-order chi connectivity index (χ0) is 16.7. The van der Waals surface area contributed by atoms with Crippen LogP contribution in [0.15, 0.2) is 36.5 Å². The molecule has 1 aliphatic rings. The minimum atomic E-state index is -0.238. The second-order valence-electron chi connectivity index (χ2n) is 5.61. The van der Waals surface area contributed by atoms with Crippen LogP contribution in [-0.2, 0) is 0 Å². The number of carbonyl (C=O) groups excluding carboxylic acids is 1. The maximum Gasteiger partial charge on any atom is 0.274 e. The number of hydrogen-bond donors (Lipinski definition) is 0. The predicted octanol–water partition coefficient (Wildman–Crippen LogP) is 3.41. The highest BCUT2D eigenvalue weighted by atomic mass is 35.5. The van der Waals surface area contributed by atoms with Gasteiger partial charge in [-0.05, 0) is 37.1 Å². The Morgan fingerprint density at radius 1 is 1.17 bits per heavy atom. The topological polar surface area (TPSA) is 63.4 Å². The first-order valence-corrected chi connectivity index (χ1v) is 8.33. The number of carbonyl (C=O) groups is 1. The summed E-state index contributed by atoms with van der Waals surface area (Å²) in [4.78, 5) is 18.8. The standard InChI is InChI=1S/C16H13Cl2N5O/c17-10-6-7-12(18)19-14(10)16(24)22-9-3-4-11(22)15-21-20-13-5-1-2-8-23(13)15/h1-2,5-8,11H,3-4,9H2. The zero-order valence-corrected chi connectivity index (χ0v) is 14.1. The van der Waals surface area contributed by atoms with Crippen LogP contribution in [0, 0.1) is 0 Å². The highest BCUT2D eigenvalue weighted by Crippen LogP contribution is 2.33. The van der Waals surface area contributed by atoms with Crippen LogP contribution in [0.1, 0.15) is 35.2 Å². The molecule has 122 valence electrons. The number of halogens is 2. The van der Waals surface area contributed by atoms with Gasteiger partial charge in [0.15, 0.2) is 11.5 Å². The lowest BCUT2D eigenvalue weighted by Crippen LogP contribution is -2.32. The molecular weight excluding hydrogens is 349 g/mol. The van der Waals surface area contributed by atoms with Crippen molar-refractivity contribution in [2.45, 2.75) is 18.9 Å². The summed E-state index contributed by atoms with van der Waals surface area (Å²) in [7, 11) is 0. The van der Waals surface area contributed by atoms with Crippen LogP contribution in [0.2, 0.25) is 10.2 Å². The van der Waals surface area contributed by atoms with E-state index in [4.69, 9.17) is 23.2 Å². The quantitative estimate of drug-likeness (QED) is 0.656. The predicted molar refractivity (Wildman–Crippen MR) is 90.3 cm³/mol. The third-order valence-corrected chi connectivity index (χ3v) is 4.68. The van der Waals surface area contributed by atoms with E-state index in [2.05, 4.69) is 15.2 Å². The Hall–Kier alpha value is -2.18. The number of aromatic nitrogens is 4. The SMILES string of the molecule is O=C(c1nc(Cl)ccc1Cl)N1CCCC1c1nnc2ccccn12. The summed E-state index contributed by atoms with van der Waals surface area (Å²) in [5.41, 5.74) is 0.926. The van der Waals surface area contributed by atoms with Crippen molar-refractivity contribution >= 4 is 34.8 Å². The molecule has 0 spiro atoms. The van der Waals surface area contributed by atoms with Crippen molar-refractivity contribution in [3.05, 3.63) is 58.2 Å². The molecular formula is C16H13Cl2N5O. The summed E-state index contributed by atoms with van der Waals surface area (Å²) in [5.74, 6) is 0.507. The van der Waals surface area contributed by atoms with E-state index in [9.17, 15) is 4.79 Å². The fourth-order valence-electron chi connectivity index (χ4n) is 3.07. The van der Waals surface area contributed by atoms with Gasteiger partial charge in [0.2, 0.25) is 0 Å². The molecule has 1 atom stereocenters. The summed E-state index contributed by atoms with van der Waals surface area (Å²) in [6.45, 7) is 0.621. The maximum absolute atomic E-state index is 12.9. The van der Waals surface area contributed by atoms with Gasteiger partial charge in [-0.2, -0.15) is 0 Å². The fraction of sp³-hybridized carbons (Fsp3) is 0.250. The first-order chi connectivity index (χ1) is 11.6. The van der Waals surface area contributed by atoms with Crippen LogP contribution in [-0.4, -0.2) is 36.9 Å². The van der Waals surface area contributed by atoms with E-state index in [1.54, 1.807) is 17.0 Å². The van der Waals surface area contributed by atoms with E-state index in [-0.39, 0.29) is 22.8 Å². The van der Waals surface area contributed by atoms with Crippen LogP contribution in [0.5, 0.6) is 0 Å². The van der Waals surface area contributed by atoms with Crippen molar-refractivity contribution in [1.29, 1.82) is 0 Å². The Kier molecular flexibility index (Phi) is 3.86. The van der Waals surface area contributed by atoms with Crippen molar-refractivity contribution in [2.24, 2.45) is 0 Å². The number of rotatable bonds is 2. The normalized spacial score (nSPS) is 17.6. The van der Waals surface area contributed by atoms with Gasteiger partial charge in [0.1, 0.15) is 10.8 Å². The highest BCUT2D eigenvalue weighted by Gasteiger charge is 2.35. The lowest BCUT2D eigenvalue weighted by atomic mass is 10.2. The van der Waals surface area contributed by atoms with Crippen molar-refractivity contribution in [2.75, 3.05) is 6.54 Å². The average Bonchev–Trinajstić information content (AvgIpc) is 3.22. The zero-order valence-electron chi connectivity index (χ0n) is 12.6. The largest absolute Gasteiger partial charge is 0.327 e. The average molecular weight is 362 g/mol. The minimum absolute atomic E-state index is 0.160. The van der Waals surface area contributed by atoms with E-state index < -0.39 is 0 Å². The molecule has 1 fully saturated rings. The summed E-state index contributed by atoms with van der Waals surface area (Å²) in [6.07, 6.45) is 3.60. The molecule has 0 saturated carbocycles. The van der Waals surface area contributed by atoms with E-state index in [1.165, 1.54) is 0 Å². The Morgan fingerprint density at radius 3 is 2.92 bits per heavy atom. The summed E-state index contributed by atoms with van der Waals surface area (Å²) in [6, 6.07) is 8.69. The first kappa shape index (κ1) is 15.4. The van der Waals surface area contributed by atoms with Crippen LogP contribution < -0.4 is 0 Å². The lowest BCUT2D eigenvalue weighted by molar-refractivity contribution is 0.0723. The summed E-state index contributed by atoms with van der Waals surface area (Å²) in [5, 5.41) is 8.99. The fourth-order valence-corrected chi connectivity index (χ4v) is 3.40. The van der Waals surface area contributed by atoms with Gasteiger partial charge in [-0.1, -0.05) is 29.3 Å². The Labute approximate surface area is 148 Å². The molecule has 24 heavy (non-hydrogen) atoms. The second-order valence-corrected chi connectivity index (χ2v) is 6.40. The molecule has 0 radical (unpaired) electrons. The summed E-state index contributed by atoms with van der Waals surface area (Å²) < 4.78 is 1.91. The van der Waals surface area contributed by atoms with Crippen LogP contribution in [0.3, 0.4) is 0 Å². The van der Waals surface area contributed by atoms with Crippen molar-refractivity contribution in [1.82, 2.24) is 24.5 Å². The molecule has 1 amide bonds. The summed E-state index contributed by atoms with van der Waals surface area (Å²) >= 11 is 12.1. The third kappa shape index (κ3) is 2.52. The van der Waals surface area contributed by atoms with E-state index in [1.807, 2.05) is 28.8 Å². The molecule has 1 aliphatic heterocycles. The van der Waals surface area contributed by atoms with Crippen LogP contribution >= 0.6 is 23.2 Å². The first-order valence-electron chi connectivity index (χ1n) is 7.58. The molecule has 0 aliphatic carbocycles. The van der Waals surface area contributed by atoms with Gasteiger partial charge in [0.25, 0.3) is 5.91 Å². The molecule has 4 rings (SSSR count). The van der Waals surface area contributed by atoms with Crippen molar-refractivity contribution in [3.8, 4) is 0 Å². The van der Waals surface area contributed by atoms with Gasteiger partial charge in [0.05, 0.1) is 11.1 Å². The maximum atomic E-state index is 12.9. The van der Waals surface area contributed by atoms with E-state index in [0.29, 0.717) is 11.6 Å². The Bertz CT molecular complexity index is 926. The van der Waals surface area contributed by atoms with E-state index >= 15 is 0 Å². The van der Waals surface area contributed by atoms with Crippen LogP contribution in [0.4, 0.5) is 0 Å². The second kappa shape index (κ2) is 6.03. The van der Waals surface area contributed by atoms with Gasteiger partial charge >= 0.3 is 0 Å². The Morgan fingerprint density at radius 2 is 2.04 bits per heavy atom. The molecule has 1 saturated heterocycles. The molecule has 0 bridgehead atoms. The smallest absolute Gasteiger partial charge is 0.274 e. The number of nitrogens with zero attached hydrogens (tertiary/aromatic N) is 5.